The van der Waals surface area contributed by atoms with Crippen molar-refractivity contribution in [3.05, 3.63) is 45.7 Å². The Morgan fingerprint density at radius 2 is 2.31 bits per heavy atom. The second kappa shape index (κ2) is 4.86. The fourth-order valence-electron chi connectivity index (χ4n) is 1.34. The number of aliphatic hydroxyl groups is 1. The van der Waals surface area contributed by atoms with Crippen LogP contribution in [-0.2, 0) is 6.42 Å². The van der Waals surface area contributed by atoms with Crippen molar-refractivity contribution in [3.8, 4) is 0 Å². The van der Waals surface area contributed by atoms with Gasteiger partial charge in [-0.2, -0.15) is 0 Å². The quantitative estimate of drug-likeness (QED) is 0.921. The molecule has 0 fully saturated rings. The number of rotatable bonds is 3. The number of benzene rings is 1. The van der Waals surface area contributed by atoms with Crippen LogP contribution in [0.4, 0.5) is 4.39 Å². The Bertz CT molecular complexity index is 457. The first kappa shape index (κ1) is 11.4. The van der Waals surface area contributed by atoms with Gasteiger partial charge < -0.3 is 5.11 Å². The van der Waals surface area contributed by atoms with E-state index in [-0.39, 0.29) is 6.42 Å². The summed E-state index contributed by atoms with van der Waals surface area (Å²) in [5.74, 6) is -0.422. The molecule has 0 spiro atoms. The van der Waals surface area contributed by atoms with Gasteiger partial charge in [0.1, 0.15) is 17.6 Å². The lowest BCUT2D eigenvalue weighted by Gasteiger charge is -2.09. The topological polar surface area (TPSA) is 46.0 Å². The van der Waals surface area contributed by atoms with Gasteiger partial charge in [-0.15, -0.1) is 5.10 Å². The van der Waals surface area contributed by atoms with Gasteiger partial charge in [-0.3, -0.25) is 0 Å². The van der Waals surface area contributed by atoms with Crippen molar-refractivity contribution in [1.29, 1.82) is 0 Å². The molecule has 0 bridgehead atoms. The number of aromatic nitrogens is 2. The first-order valence-electron chi connectivity index (χ1n) is 4.56. The molecule has 0 saturated carbocycles. The van der Waals surface area contributed by atoms with Gasteiger partial charge in [0.15, 0.2) is 0 Å². The van der Waals surface area contributed by atoms with Gasteiger partial charge in [0.25, 0.3) is 0 Å². The second-order valence-corrected chi connectivity index (χ2v) is 4.27. The van der Waals surface area contributed by atoms with Gasteiger partial charge in [0, 0.05) is 22.4 Å². The van der Waals surface area contributed by atoms with Crippen LogP contribution in [0.5, 0.6) is 0 Å². The Morgan fingerprint density at radius 3 is 2.94 bits per heavy atom. The average Bonchev–Trinajstić information content (AvgIpc) is 2.76. The first-order chi connectivity index (χ1) is 7.68. The molecule has 1 unspecified atom stereocenters. The summed E-state index contributed by atoms with van der Waals surface area (Å²) in [4.78, 5) is 0. The molecule has 16 heavy (non-hydrogen) atoms. The Morgan fingerprint density at radius 1 is 1.50 bits per heavy atom. The van der Waals surface area contributed by atoms with E-state index in [0.29, 0.717) is 16.3 Å². The van der Waals surface area contributed by atoms with Crippen molar-refractivity contribution < 1.29 is 9.50 Å². The van der Waals surface area contributed by atoms with E-state index in [1.54, 1.807) is 11.4 Å². The van der Waals surface area contributed by atoms with Crippen LogP contribution in [0, 0.1) is 5.82 Å². The molecular formula is C10H8ClFN2OS. The predicted molar refractivity (Wildman–Crippen MR) is 60.0 cm³/mol. The van der Waals surface area contributed by atoms with Crippen LogP contribution in [-0.4, -0.2) is 14.7 Å². The van der Waals surface area contributed by atoms with Crippen LogP contribution in [0.15, 0.2) is 23.6 Å². The summed E-state index contributed by atoms with van der Waals surface area (Å²) in [6.07, 6.45) is -0.787. The van der Waals surface area contributed by atoms with E-state index in [1.165, 1.54) is 12.1 Å². The molecule has 2 aromatic rings. The summed E-state index contributed by atoms with van der Waals surface area (Å²) < 4.78 is 17.1. The Kier molecular flexibility index (Phi) is 3.48. The van der Waals surface area contributed by atoms with Crippen molar-refractivity contribution in [2.24, 2.45) is 0 Å². The minimum Gasteiger partial charge on any atom is -0.386 e. The van der Waals surface area contributed by atoms with Gasteiger partial charge in [0.05, 0.1) is 0 Å². The third kappa shape index (κ3) is 2.37. The third-order valence-electron chi connectivity index (χ3n) is 2.18. The fourth-order valence-corrected chi connectivity index (χ4v) is 2.08. The van der Waals surface area contributed by atoms with Crippen LogP contribution in [0.2, 0.25) is 5.02 Å². The molecule has 0 radical (unpaired) electrons. The molecule has 1 aromatic heterocycles. The highest BCUT2D eigenvalue weighted by molar-refractivity contribution is 7.03. The van der Waals surface area contributed by atoms with Crippen LogP contribution in [0.1, 0.15) is 17.4 Å². The van der Waals surface area contributed by atoms with E-state index >= 15 is 0 Å². The Hall–Kier alpha value is -1.04. The zero-order chi connectivity index (χ0) is 11.5. The SMILES string of the molecule is OC(Cc1c(F)cccc1Cl)c1csnn1. The maximum atomic E-state index is 13.4. The highest BCUT2D eigenvalue weighted by atomic mass is 35.5. The van der Waals surface area contributed by atoms with E-state index in [0.717, 1.165) is 11.5 Å². The highest BCUT2D eigenvalue weighted by Gasteiger charge is 2.16. The predicted octanol–water partition coefficient (Wildman–Crippen LogP) is 2.61. The van der Waals surface area contributed by atoms with E-state index in [2.05, 4.69) is 9.59 Å². The lowest BCUT2D eigenvalue weighted by Crippen LogP contribution is -2.04. The van der Waals surface area contributed by atoms with Crippen LogP contribution in [0.25, 0.3) is 0 Å². The molecular weight excluding hydrogens is 251 g/mol. The number of hydrogen-bond donors (Lipinski definition) is 1. The molecule has 0 aliphatic rings. The zero-order valence-corrected chi connectivity index (χ0v) is 9.67. The molecule has 0 amide bonds. The van der Waals surface area contributed by atoms with Crippen LogP contribution >= 0.6 is 23.1 Å². The van der Waals surface area contributed by atoms with Gasteiger partial charge in [-0.25, -0.2) is 4.39 Å². The number of hydrogen-bond acceptors (Lipinski definition) is 4. The van der Waals surface area contributed by atoms with Gasteiger partial charge in [-0.05, 0) is 23.7 Å². The second-order valence-electron chi connectivity index (χ2n) is 3.25. The van der Waals surface area contributed by atoms with Crippen LogP contribution in [0.3, 0.4) is 0 Å². The summed E-state index contributed by atoms with van der Waals surface area (Å²) in [6.45, 7) is 0. The highest BCUT2D eigenvalue weighted by Crippen LogP contribution is 2.25. The maximum Gasteiger partial charge on any atom is 0.127 e. The molecule has 1 N–H and O–H groups in total. The molecule has 0 aliphatic heterocycles. The van der Waals surface area contributed by atoms with Crippen molar-refractivity contribution in [2.45, 2.75) is 12.5 Å². The minimum absolute atomic E-state index is 0.0942. The zero-order valence-electron chi connectivity index (χ0n) is 8.10. The van der Waals surface area contributed by atoms with E-state index in [9.17, 15) is 9.50 Å². The molecule has 3 nitrogen and oxygen atoms in total. The number of aliphatic hydroxyl groups excluding tert-OH is 1. The third-order valence-corrected chi connectivity index (χ3v) is 3.05. The first-order valence-corrected chi connectivity index (χ1v) is 5.78. The molecule has 0 aliphatic carbocycles. The largest absolute Gasteiger partial charge is 0.386 e. The summed E-state index contributed by atoms with van der Waals surface area (Å²) in [5.41, 5.74) is 0.731. The lowest BCUT2D eigenvalue weighted by atomic mass is 10.1. The Balaban J connectivity index is 2.21. The standard InChI is InChI=1S/C10H8ClFN2OS/c11-7-2-1-3-8(12)6(7)4-10(15)9-5-16-14-13-9/h1-3,5,10,15H,4H2. The molecule has 0 saturated heterocycles. The monoisotopic (exact) mass is 258 g/mol. The van der Waals surface area contributed by atoms with Gasteiger partial charge in [-0.1, -0.05) is 22.2 Å². The van der Waals surface area contributed by atoms with Gasteiger partial charge in [0.2, 0.25) is 0 Å². The van der Waals surface area contributed by atoms with E-state index in [1.807, 2.05) is 0 Å². The Labute approximate surface area is 101 Å². The lowest BCUT2D eigenvalue weighted by molar-refractivity contribution is 0.172. The molecule has 1 aromatic carbocycles. The van der Waals surface area contributed by atoms with Gasteiger partial charge >= 0.3 is 0 Å². The number of halogens is 2. The van der Waals surface area contributed by atoms with E-state index in [4.69, 9.17) is 11.6 Å². The summed E-state index contributed by atoms with van der Waals surface area (Å²) in [7, 11) is 0. The molecule has 84 valence electrons. The smallest absolute Gasteiger partial charge is 0.127 e. The molecule has 1 heterocycles. The number of nitrogens with zero attached hydrogens (tertiary/aromatic N) is 2. The van der Waals surface area contributed by atoms with Crippen LogP contribution < -0.4 is 0 Å². The van der Waals surface area contributed by atoms with Crippen molar-refractivity contribution in [3.63, 3.8) is 0 Å². The average molecular weight is 259 g/mol. The van der Waals surface area contributed by atoms with Crippen molar-refractivity contribution >= 4 is 23.1 Å². The summed E-state index contributed by atoms with van der Waals surface area (Å²) in [6, 6.07) is 4.43. The van der Waals surface area contributed by atoms with Crippen molar-refractivity contribution in [2.75, 3.05) is 0 Å². The van der Waals surface area contributed by atoms with E-state index < -0.39 is 11.9 Å². The molecule has 2 rings (SSSR count). The summed E-state index contributed by atoms with van der Waals surface area (Å²) >= 11 is 6.99. The molecule has 1 atom stereocenters. The molecule has 6 heteroatoms. The summed E-state index contributed by atoms with van der Waals surface area (Å²) in [5, 5.41) is 15.4. The normalized spacial score (nSPS) is 12.7. The maximum absolute atomic E-state index is 13.4. The minimum atomic E-state index is -0.881. The van der Waals surface area contributed by atoms with Crippen molar-refractivity contribution in [1.82, 2.24) is 9.59 Å². The fraction of sp³-hybridized carbons (Fsp3) is 0.200.